The minimum atomic E-state index is -0.739. The fraction of sp³-hybridized carbons (Fsp3) is 0.565. The predicted molar refractivity (Wildman–Crippen MR) is 113 cm³/mol. The lowest BCUT2D eigenvalue weighted by Gasteiger charge is -2.38. The molecular weight excluding hydrogens is 352 g/mol. The van der Waals surface area contributed by atoms with Gasteiger partial charge < -0.3 is 14.8 Å². The lowest BCUT2D eigenvalue weighted by atomic mass is 9.78. The van der Waals surface area contributed by atoms with E-state index >= 15 is 0 Å². The van der Waals surface area contributed by atoms with Crippen molar-refractivity contribution in [2.75, 3.05) is 18.5 Å². The van der Waals surface area contributed by atoms with E-state index in [0.29, 0.717) is 19.1 Å². The van der Waals surface area contributed by atoms with Crippen molar-refractivity contribution in [3.05, 3.63) is 30.5 Å². The summed E-state index contributed by atoms with van der Waals surface area (Å²) in [5.74, 6) is 1.19. The Morgan fingerprint density at radius 3 is 2.93 bits per heavy atom. The molecule has 0 radical (unpaired) electrons. The van der Waals surface area contributed by atoms with Crippen LogP contribution in [0.25, 0.3) is 10.9 Å². The van der Waals surface area contributed by atoms with E-state index in [-0.39, 0.29) is 5.91 Å². The number of hydrogen-bond donors (Lipinski definition) is 1. The molecule has 1 amide bonds. The summed E-state index contributed by atoms with van der Waals surface area (Å²) in [7, 11) is 0. The number of fused-ring (bicyclic) bond motifs is 1. The highest BCUT2D eigenvalue weighted by atomic mass is 16.5. The molecule has 1 aromatic carbocycles. The van der Waals surface area contributed by atoms with Gasteiger partial charge in [-0.1, -0.05) is 26.7 Å². The zero-order valence-electron chi connectivity index (χ0n) is 17.3. The topological polar surface area (TPSA) is 60.5 Å². The second-order valence-electron chi connectivity index (χ2n) is 7.80. The van der Waals surface area contributed by atoms with Crippen molar-refractivity contribution in [3.8, 4) is 5.75 Å². The van der Waals surface area contributed by atoms with E-state index < -0.39 is 5.60 Å². The van der Waals surface area contributed by atoms with E-state index in [9.17, 15) is 4.79 Å². The van der Waals surface area contributed by atoms with Gasteiger partial charge in [-0.25, -0.2) is 0 Å². The number of aromatic nitrogens is 1. The van der Waals surface area contributed by atoms with Gasteiger partial charge in [0, 0.05) is 18.2 Å². The Labute approximate surface area is 167 Å². The average Bonchev–Trinajstić information content (AvgIpc) is 2.70. The monoisotopic (exact) mass is 384 g/mol. The van der Waals surface area contributed by atoms with Crippen LogP contribution in [0, 0.1) is 5.92 Å². The smallest absolute Gasteiger partial charge is 0.256 e. The van der Waals surface area contributed by atoms with Gasteiger partial charge in [0.2, 0.25) is 0 Å². The van der Waals surface area contributed by atoms with Crippen molar-refractivity contribution in [3.63, 3.8) is 0 Å². The van der Waals surface area contributed by atoms with E-state index in [4.69, 9.17) is 9.47 Å². The number of nitrogens with one attached hydrogen (secondary N) is 1. The minimum absolute atomic E-state index is 0.0503. The van der Waals surface area contributed by atoms with Crippen LogP contribution in [0.4, 0.5) is 5.69 Å². The van der Waals surface area contributed by atoms with Gasteiger partial charge in [0.05, 0.1) is 12.3 Å². The second kappa shape index (κ2) is 9.37. The molecule has 0 spiro atoms. The maximum atomic E-state index is 13.3. The maximum Gasteiger partial charge on any atom is 0.256 e. The molecule has 0 bridgehead atoms. The SMILES string of the molecule is CCCCOc1ccc(NC(=O)[C@]2(OCC)CCC[C@H](C)C2)c2cccnc12. The standard InChI is InChI=1S/C23H32N2O3/c1-4-6-15-27-20-12-11-19(18-10-8-14-24-21(18)20)25-22(26)23(28-5-2)13-7-9-17(3)16-23/h8,10-12,14,17H,4-7,9,13,15-16H2,1-3H3,(H,25,26)/t17-,23-/m0/s1. The molecule has 1 saturated carbocycles. The number of carbonyl (C=O) groups is 1. The van der Waals surface area contributed by atoms with Gasteiger partial charge >= 0.3 is 0 Å². The molecule has 1 aromatic heterocycles. The number of rotatable bonds is 8. The predicted octanol–water partition coefficient (Wildman–Crippen LogP) is 5.34. The number of amides is 1. The first-order valence-corrected chi connectivity index (χ1v) is 10.6. The summed E-state index contributed by atoms with van der Waals surface area (Å²) in [6, 6.07) is 7.67. The van der Waals surface area contributed by atoms with E-state index in [0.717, 1.165) is 60.9 Å². The molecule has 2 atom stereocenters. The lowest BCUT2D eigenvalue weighted by molar-refractivity contribution is -0.147. The minimum Gasteiger partial charge on any atom is -0.491 e. The highest BCUT2D eigenvalue weighted by molar-refractivity contribution is 6.05. The summed E-state index contributed by atoms with van der Waals surface area (Å²) in [4.78, 5) is 17.8. The molecule has 0 unspecified atom stereocenters. The molecule has 2 aromatic rings. The van der Waals surface area contributed by atoms with Gasteiger partial charge in [0.15, 0.2) is 0 Å². The fourth-order valence-electron chi connectivity index (χ4n) is 4.12. The zero-order valence-corrected chi connectivity index (χ0v) is 17.3. The first kappa shape index (κ1) is 20.6. The number of nitrogens with zero attached hydrogens (tertiary/aromatic N) is 1. The van der Waals surface area contributed by atoms with Crippen molar-refractivity contribution < 1.29 is 14.3 Å². The Bertz CT molecular complexity index is 804. The Balaban J connectivity index is 1.87. The van der Waals surface area contributed by atoms with Crippen LogP contribution < -0.4 is 10.1 Å². The molecule has 1 fully saturated rings. The zero-order chi connectivity index (χ0) is 20.0. The van der Waals surface area contributed by atoms with Crippen molar-refractivity contribution in [1.29, 1.82) is 0 Å². The molecule has 3 rings (SSSR count). The van der Waals surface area contributed by atoms with Gasteiger partial charge in [0.1, 0.15) is 16.9 Å². The van der Waals surface area contributed by atoms with Crippen molar-refractivity contribution in [1.82, 2.24) is 4.98 Å². The third-order valence-corrected chi connectivity index (χ3v) is 5.53. The van der Waals surface area contributed by atoms with Crippen LogP contribution in [0.5, 0.6) is 5.75 Å². The number of anilines is 1. The van der Waals surface area contributed by atoms with Crippen LogP contribution in [0.2, 0.25) is 0 Å². The Morgan fingerprint density at radius 2 is 2.18 bits per heavy atom. The van der Waals surface area contributed by atoms with Gasteiger partial charge in [-0.2, -0.15) is 0 Å². The summed E-state index contributed by atoms with van der Waals surface area (Å²) in [6.45, 7) is 7.49. The highest BCUT2D eigenvalue weighted by Crippen LogP contribution is 2.37. The van der Waals surface area contributed by atoms with Crippen molar-refractivity contribution >= 4 is 22.5 Å². The Hall–Kier alpha value is -2.14. The number of ether oxygens (including phenoxy) is 2. The van der Waals surface area contributed by atoms with Crippen LogP contribution in [0.15, 0.2) is 30.5 Å². The van der Waals surface area contributed by atoms with Gasteiger partial charge in [0.25, 0.3) is 5.91 Å². The van der Waals surface area contributed by atoms with Crippen LogP contribution in [0.3, 0.4) is 0 Å². The number of pyridine rings is 1. The summed E-state index contributed by atoms with van der Waals surface area (Å²) in [5, 5.41) is 4.03. The average molecular weight is 385 g/mol. The molecule has 1 heterocycles. The van der Waals surface area contributed by atoms with Crippen molar-refractivity contribution in [2.45, 2.75) is 64.9 Å². The van der Waals surface area contributed by atoms with Crippen LogP contribution >= 0.6 is 0 Å². The Morgan fingerprint density at radius 1 is 1.32 bits per heavy atom. The Kier molecular flexibility index (Phi) is 6.89. The van der Waals surface area contributed by atoms with Gasteiger partial charge in [-0.05, 0) is 62.8 Å². The molecule has 28 heavy (non-hydrogen) atoms. The van der Waals surface area contributed by atoms with Crippen LogP contribution in [-0.4, -0.2) is 29.7 Å². The number of hydrogen-bond acceptors (Lipinski definition) is 4. The normalized spacial score (nSPS) is 22.2. The lowest BCUT2D eigenvalue weighted by Crippen LogP contribution is -2.48. The number of carbonyl (C=O) groups excluding carboxylic acids is 1. The molecule has 5 nitrogen and oxygen atoms in total. The third kappa shape index (κ3) is 4.46. The first-order valence-electron chi connectivity index (χ1n) is 10.6. The van der Waals surface area contributed by atoms with E-state index in [1.165, 1.54) is 0 Å². The van der Waals surface area contributed by atoms with Crippen LogP contribution in [0.1, 0.15) is 59.3 Å². The highest BCUT2D eigenvalue weighted by Gasteiger charge is 2.42. The van der Waals surface area contributed by atoms with Crippen LogP contribution in [-0.2, 0) is 9.53 Å². The molecule has 0 aliphatic heterocycles. The maximum absolute atomic E-state index is 13.3. The number of unbranched alkanes of at least 4 members (excludes halogenated alkanes) is 1. The number of benzene rings is 1. The third-order valence-electron chi connectivity index (χ3n) is 5.53. The van der Waals surface area contributed by atoms with Gasteiger partial charge in [-0.15, -0.1) is 0 Å². The fourth-order valence-corrected chi connectivity index (χ4v) is 4.12. The van der Waals surface area contributed by atoms with Crippen molar-refractivity contribution in [2.24, 2.45) is 5.92 Å². The summed E-state index contributed by atoms with van der Waals surface area (Å²) >= 11 is 0. The first-order chi connectivity index (χ1) is 13.6. The molecule has 5 heteroatoms. The largest absolute Gasteiger partial charge is 0.491 e. The summed E-state index contributed by atoms with van der Waals surface area (Å²) in [6.07, 6.45) is 7.54. The molecule has 0 saturated heterocycles. The summed E-state index contributed by atoms with van der Waals surface area (Å²) in [5.41, 5.74) is 0.796. The molecule has 1 N–H and O–H groups in total. The molecule has 1 aliphatic rings. The molecule has 152 valence electrons. The van der Waals surface area contributed by atoms with E-state index in [1.54, 1.807) is 6.20 Å². The quantitative estimate of drug-likeness (QED) is 0.624. The van der Waals surface area contributed by atoms with E-state index in [2.05, 4.69) is 24.1 Å². The van der Waals surface area contributed by atoms with Gasteiger partial charge in [-0.3, -0.25) is 9.78 Å². The second-order valence-corrected chi connectivity index (χ2v) is 7.80. The molecule has 1 aliphatic carbocycles. The summed E-state index contributed by atoms with van der Waals surface area (Å²) < 4.78 is 11.9. The van der Waals surface area contributed by atoms with E-state index in [1.807, 2.05) is 31.2 Å². The molecular formula is C23H32N2O3.